The topological polar surface area (TPSA) is 70.2 Å². The number of carbonyl (C=O) groups excluding carboxylic acids is 2. The lowest BCUT2D eigenvalue weighted by molar-refractivity contribution is -0.135. The molecule has 23 heavy (non-hydrogen) atoms. The van der Waals surface area contributed by atoms with Crippen LogP contribution in [0.1, 0.15) is 43.2 Å². The predicted molar refractivity (Wildman–Crippen MR) is 88.2 cm³/mol. The summed E-state index contributed by atoms with van der Waals surface area (Å²) >= 11 is 0. The maximum absolute atomic E-state index is 12.3. The first-order valence-corrected chi connectivity index (χ1v) is 8.51. The lowest BCUT2D eigenvalue weighted by Gasteiger charge is -2.40. The molecule has 1 saturated carbocycles. The molecule has 0 spiro atoms. The van der Waals surface area contributed by atoms with E-state index in [4.69, 9.17) is 0 Å². The van der Waals surface area contributed by atoms with Gasteiger partial charge in [0.2, 0.25) is 11.8 Å². The summed E-state index contributed by atoms with van der Waals surface area (Å²) in [6.07, 6.45) is 4.65. The number of rotatable bonds is 4. The van der Waals surface area contributed by atoms with Gasteiger partial charge in [-0.1, -0.05) is 42.7 Å². The van der Waals surface area contributed by atoms with Crippen molar-refractivity contribution in [3.63, 3.8) is 0 Å². The van der Waals surface area contributed by atoms with Gasteiger partial charge >= 0.3 is 0 Å². The summed E-state index contributed by atoms with van der Waals surface area (Å²) in [5.74, 6) is 0.470. The SMILES string of the molecule is Cc1cccc(CNC(=O)CC2NNC(=O)C3CCCCC23)c1. The molecule has 1 aliphatic heterocycles. The van der Waals surface area contributed by atoms with Crippen LogP contribution >= 0.6 is 0 Å². The molecular formula is C18H25N3O2. The van der Waals surface area contributed by atoms with E-state index in [0.717, 1.165) is 31.2 Å². The van der Waals surface area contributed by atoms with Crippen molar-refractivity contribution >= 4 is 11.8 Å². The van der Waals surface area contributed by atoms with Crippen molar-refractivity contribution in [2.45, 2.75) is 51.6 Å². The summed E-state index contributed by atoms with van der Waals surface area (Å²) < 4.78 is 0. The summed E-state index contributed by atoms with van der Waals surface area (Å²) in [6.45, 7) is 2.59. The number of aryl methyl sites for hydroxylation is 1. The first-order valence-electron chi connectivity index (χ1n) is 8.51. The van der Waals surface area contributed by atoms with Crippen LogP contribution in [0.2, 0.25) is 0 Å². The molecule has 0 bridgehead atoms. The molecule has 2 aliphatic rings. The highest BCUT2D eigenvalue weighted by molar-refractivity contribution is 5.81. The summed E-state index contributed by atoms with van der Waals surface area (Å²) in [4.78, 5) is 24.2. The fourth-order valence-electron chi connectivity index (χ4n) is 3.83. The Morgan fingerprint density at radius 2 is 2.13 bits per heavy atom. The smallest absolute Gasteiger partial charge is 0.237 e. The highest BCUT2D eigenvalue weighted by Gasteiger charge is 2.40. The van der Waals surface area contributed by atoms with Gasteiger partial charge in [-0.25, -0.2) is 5.43 Å². The number of fused-ring (bicyclic) bond motifs is 1. The van der Waals surface area contributed by atoms with E-state index in [9.17, 15) is 9.59 Å². The molecule has 1 aromatic carbocycles. The third kappa shape index (κ3) is 3.91. The van der Waals surface area contributed by atoms with Crippen LogP contribution in [0.25, 0.3) is 0 Å². The molecule has 0 radical (unpaired) electrons. The zero-order valence-corrected chi connectivity index (χ0v) is 13.6. The second kappa shape index (κ2) is 7.13. The number of amides is 2. The lowest BCUT2D eigenvalue weighted by Crippen LogP contribution is -2.60. The molecule has 5 heteroatoms. The van der Waals surface area contributed by atoms with E-state index >= 15 is 0 Å². The molecule has 1 heterocycles. The van der Waals surface area contributed by atoms with Crippen LogP contribution in [0, 0.1) is 18.8 Å². The van der Waals surface area contributed by atoms with Gasteiger partial charge in [-0.2, -0.15) is 0 Å². The van der Waals surface area contributed by atoms with Crippen LogP contribution in [-0.2, 0) is 16.1 Å². The minimum Gasteiger partial charge on any atom is -0.352 e. The van der Waals surface area contributed by atoms with Gasteiger partial charge in [0.1, 0.15) is 0 Å². The molecule has 5 nitrogen and oxygen atoms in total. The number of hydrogen-bond donors (Lipinski definition) is 3. The maximum Gasteiger partial charge on any atom is 0.237 e. The van der Waals surface area contributed by atoms with Crippen LogP contribution in [0.4, 0.5) is 0 Å². The lowest BCUT2D eigenvalue weighted by atomic mass is 9.73. The Balaban J connectivity index is 1.53. The van der Waals surface area contributed by atoms with Crippen molar-refractivity contribution < 1.29 is 9.59 Å². The zero-order valence-electron chi connectivity index (χ0n) is 13.6. The van der Waals surface area contributed by atoms with Gasteiger partial charge in [-0.05, 0) is 31.2 Å². The summed E-state index contributed by atoms with van der Waals surface area (Å²) in [5.41, 5.74) is 8.10. The van der Waals surface area contributed by atoms with Crippen LogP contribution in [0.15, 0.2) is 24.3 Å². The first-order chi connectivity index (χ1) is 11.1. The molecule has 2 fully saturated rings. The Bertz CT molecular complexity index is 587. The fraction of sp³-hybridized carbons (Fsp3) is 0.556. The average Bonchev–Trinajstić information content (AvgIpc) is 2.56. The maximum atomic E-state index is 12.3. The average molecular weight is 315 g/mol. The Morgan fingerprint density at radius 3 is 2.96 bits per heavy atom. The predicted octanol–water partition coefficient (Wildman–Crippen LogP) is 1.81. The van der Waals surface area contributed by atoms with Gasteiger partial charge in [-0.3, -0.25) is 15.0 Å². The van der Waals surface area contributed by atoms with Gasteiger partial charge < -0.3 is 5.32 Å². The summed E-state index contributed by atoms with van der Waals surface area (Å²) in [5, 5.41) is 2.99. The van der Waals surface area contributed by atoms with Crippen molar-refractivity contribution in [3.05, 3.63) is 35.4 Å². The highest BCUT2D eigenvalue weighted by Crippen LogP contribution is 2.35. The molecule has 3 N–H and O–H groups in total. The Labute approximate surface area is 137 Å². The number of carbonyl (C=O) groups is 2. The molecule has 3 rings (SSSR count). The number of hydrazine groups is 1. The van der Waals surface area contributed by atoms with Gasteiger partial charge in [0, 0.05) is 24.9 Å². The quantitative estimate of drug-likeness (QED) is 0.793. The molecule has 0 aromatic heterocycles. The first kappa shape index (κ1) is 16.0. The van der Waals surface area contributed by atoms with Crippen LogP contribution in [0.3, 0.4) is 0 Å². The Kier molecular flexibility index (Phi) is 4.96. The molecule has 1 saturated heterocycles. The van der Waals surface area contributed by atoms with E-state index in [1.54, 1.807) is 0 Å². The number of hydrogen-bond acceptors (Lipinski definition) is 3. The van der Waals surface area contributed by atoms with Crippen molar-refractivity contribution in [3.8, 4) is 0 Å². The third-order valence-corrected chi connectivity index (χ3v) is 5.03. The number of nitrogens with one attached hydrogen (secondary N) is 3. The zero-order chi connectivity index (χ0) is 16.2. The van der Waals surface area contributed by atoms with Crippen molar-refractivity contribution in [1.29, 1.82) is 0 Å². The van der Waals surface area contributed by atoms with E-state index in [0.29, 0.717) is 13.0 Å². The Morgan fingerprint density at radius 1 is 1.30 bits per heavy atom. The molecule has 3 unspecified atom stereocenters. The van der Waals surface area contributed by atoms with Crippen molar-refractivity contribution in [1.82, 2.24) is 16.2 Å². The molecule has 1 aromatic rings. The van der Waals surface area contributed by atoms with Gasteiger partial charge in [0.05, 0.1) is 0 Å². The standard InChI is InChI=1S/C18H25N3O2/c1-12-5-4-6-13(9-12)11-19-17(22)10-16-14-7-2-3-8-15(14)18(23)21-20-16/h4-6,9,14-16,20H,2-3,7-8,10-11H2,1H3,(H,19,22)(H,21,23). The van der Waals surface area contributed by atoms with E-state index in [2.05, 4.69) is 22.2 Å². The minimum atomic E-state index is 0.0319. The number of benzene rings is 1. The second-order valence-corrected chi connectivity index (χ2v) is 6.76. The van der Waals surface area contributed by atoms with E-state index in [1.165, 1.54) is 5.56 Å². The van der Waals surface area contributed by atoms with Crippen molar-refractivity contribution in [2.24, 2.45) is 11.8 Å². The summed E-state index contributed by atoms with van der Waals surface area (Å²) in [7, 11) is 0. The van der Waals surface area contributed by atoms with Gasteiger partial charge in [-0.15, -0.1) is 0 Å². The monoisotopic (exact) mass is 315 g/mol. The second-order valence-electron chi connectivity index (χ2n) is 6.76. The fourth-order valence-corrected chi connectivity index (χ4v) is 3.83. The molecule has 124 valence electrons. The van der Waals surface area contributed by atoms with E-state index in [1.807, 2.05) is 25.1 Å². The van der Waals surface area contributed by atoms with Crippen LogP contribution in [-0.4, -0.2) is 17.9 Å². The molecular weight excluding hydrogens is 290 g/mol. The van der Waals surface area contributed by atoms with Crippen LogP contribution in [0.5, 0.6) is 0 Å². The summed E-state index contributed by atoms with van der Waals surface area (Å²) in [6, 6.07) is 8.18. The van der Waals surface area contributed by atoms with Crippen LogP contribution < -0.4 is 16.2 Å². The minimum absolute atomic E-state index is 0.0319. The van der Waals surface area contributed by atoms with Gasteiger partial charge in [0.25, 0.3) is 0 Å². The molecule has 2 amide bonds. The molecule has 1 aliphatic carbocycles. The largest absolute Gasteiger partial charge is 0.352 e. The molecule has 3 atom stereocenters. The van der Waals surface area contributed by atoms with E-state index < -0.39 is 0 Å². The van der Waals surface area contributed by atoms with Crippen molar-refractivity contribution in [2.75, 3.05) is 0 Å². The highest BCUT2D eigenvalue weighted by atomic mass is 16.2. The Hall–Kier alpha value is -1.88. The third-order valence-electron chi connectivity index (χ3n) is 5.03. The normalized spacial score (nSPS) is 27.0. The van der Waals surface area contributed by atoms with Gasteiger partial charge in [0.15, 0.2) is 0 Å². The van der Waals surface area contributed by atoms with E-state index in [-0.39, 0.29) is 29.7 Å².